The Morgan fingerprint density at radius 3 is 2.52 bits per heavy atom. The molecule has 5 rings (SSSR count). The van der Waals surface area contributed by atoms with Crippen LogP contribution in [0.5, 0.6) is 11.5 Å². The van der Waals surface area contributed by atoms with E-state index < -0.39 is 6.04 Å². The van der Waals surface area contributed by atoms with E-state index in [4.69, 9.17) is 9.47 Å². The SMILES string of the molecule is CCOc1cc(C2C(C(=O)Nc3cccc(C)c3C)=C(C)Nc3ncnn32)cc(Br)c1OCc1cc(C)c(C)cc1C. The number of aryl methyl sites for hydroxylation is 4. The van der Waals surface area contributed by atoms with Crippen molar-refractivity contribution >= 4 is 33.5 Å². The van der Waals surface area contributed by atoms with Crippen LogP contribution in [0.15, 0.2) is 64.5 Å². The van der Waals surface area contributed by atoms with E-state index in [1.807, 2.05) is 58.0 Å². The van der Waals surface area contributed by atoms with Crippen molar-refractivity contribution in [1.82, 2.24) is 14.8 Å². The lowest BCUT2D eigenvalue weighted by atomic mass is 9.94. The lowest BCUT2D eigenvalue weighted by Crippen LogP contribution is -2.31. The molecule has 3 aromatic carbocycles. The summed E-state index contributed by atoms with van der Waals surface area (Å²) in [5, 5.41) is 10.9. The molecule has 1 aromatic heterocycles. The lowest BCUT2D eigenvalue weighted by molar-refractivity contribution is -0.113. The number of benzene rings is 3. The van der Waals surface area contributed by atoms with Crippen LogP contribution in [0.4, 0.5) is 11.6 Å². The molecule has 218 valence electrons. The Morgan fingerprint density at radius 2 is 1.76 bits per heavy atom. The maximum Gasteiger partial charge on any atom is 0.255 e. The van der Waals surface area contributed by atoms with Crippen LogP contribution in [-0.4, -0.2) is 27.3 Å². The Balaban J connectivity index is 1.54. The van der Waals surface area contributed by atoms with E-state index in [0.717, 1.165) is 32.4 Å². The predicted octanol–water partition coefficient (Wildman–Crippen LogP) is 7.49. The molecule has 0 fully saturated rings. The van der Waals surface area contributed by atoms with Crippen molar-refractivity contribution < 1.29 is 14.3 Å². The van der Waals surface area contributed by atoms with Gasteiger partial charge in [-0.25, -0.2) is 4.68 Å². The van der Waals surface area contributed by atoms with Crippen molar-refractivity contribution in [2.45, 2.75) is 61.1 Å². The number of nitrogens with zero attached hydrogens (tertiary/aromatic N) is 3. The van der Waals surface area contributed by atoms with Gasteiger partial charge >= 0.3 is 0 Å². The molecule has 8 nitrogen and oxygen atoms in total. The summed E-state index contributed by atoms with van der Waals surface area (Å²) in [5.41, 5.74) is 9.70. The van der Waals surface area contributed by atoms with E-state index in [0.29, 0.717) is 41.9 Å². The number of carbonyl (C=O) groups excluding carboxylic acids is 1. The van der Waals surface area contributed by atoms with E-state index in [1.165, 1.54) is 23.0 Å². The number of halogens is 1. The van der Waals surface area contributed by atoms with Crippen LogP contribution >= 0.6 is 15.9 Å². The fourth-order valence-corrected chi connectivity index (χ4v) is 5.82. The van der Waals surface area contributed by atoms with Gasteiger partial charge < -0.3 is 20.1 Å². The molecule has 1 unspecified atom stereocenters. The average Bonchev–Trinajstić information content (AvgIpc) is 3.40. The second-order valence-corrected chi connectivity index (χ2v) is 11.6. The summed E-state index contributed by atoms with van der Waals surface area (Å²) in [6.45, 7) is 15.0. The quantitative estimate of drug-likeness (QED) is 0.210. The van der Waals surface area contributed by atoms with Crippen molar-refractivity contribution in [1.29, 1.82) is 0 Å². The summed E-state index contributed by atoms with van der Waals surface area (Å²) in [5.74, 6) is 1.52. The van der Waals surface area contributed by atoms with Crippen molar-refractivity contribution in [2.75, 3.05) is 17.2 Å². The third-order valence-corrected chi connectivity index (χ3v) is 8.45. The van der Waals surface area contributed by atoms with Crippen molar-refractivity contribution in [3.63, 3.8) is 0 Å². The van der Waals surface area contributed by atoms with Gasteiger partial charge in [-0.2, -0.15) is 10.1 Å². The molecule has 0 saturated heterocycles. The maximum absolute atomic E-state index is 13.9. The number of hydrogen-bond donors (Lipinski definition) is 2. The molecule has 0 aliphatic carbocycles. The first-order chi connectivity index (χ1) is 20.1. The summed E-state index contributed by atoms with van der Waals surface area (Å²) < 4.78 is 14.9. The fourth-order valence-electron chi connectivity index (χ4n) is 5.24. The highest BCUT2D eigenvalue weighted by atomic mass is 79.9. The van der Waals surface area contributed by atoms with Crippen molar-refractivity contribution in [3.8, 4) is 11.5 Å². The van der Waals surface area contributed by atoms with Gasteiger partial charge in [-0.3, -0.25) is 4.79 Å². The number of carbonyl (C=O) groups is 1. The van der Waals surface area contributed by atoms with Crippen LogP contribution in [0.3, 0.4) is 0 Å². The molecule has 42 heavy (non-hydrogen) atoms. The lowest BCUT2D eigenvalue weighted by Gasteiger charge is -2.29. The molecule has 0 spiro atoms. The fraction of sp³-hybridized carbons (Fsp3) is 0.303. The zero-order valence-electron chi connectivity index (χ0n) is 25.1. The van der Waals surface area contributed by atoms with Crippen LogP contribution in [0.1, 0.15) is 58.8 Å². The van der Waals surface area contributed by atoms with Crippen molar-refractivity contribution in [3.05, 3.63) is 103 Å². The van der Waals surface area contributed by atoms with E-state index in [9.17, 15) is 4.79 Å². The summed E-state index contributed by atoms with van der Waals surface area (Å²) in [4.78, 5) is 18.3. The molecule has 4 aromatic rings. The number of aromatic nitrogens is 3. The molecule has 2 heterocycles. The number of nitrogens with one attached hydrogen (secondary N) is 2. The Bertz CT molecular complexity index is 1710. The van der Waals surface area contributed by atoms with E-state index in [1.54, 1.807) is 4.68 Å². The van der Waals surface area contributed by atoms with Crippen molar-refractivity contribution in [2.24, 2.45) is 0 Å². The topological polar surface area (TPSA) is 90.3 Å². The first kappa shape index (κ1) is 29.4. The normalized spacial score (nSPS) is 14.3. The molecule has 2 N–H and O–H groups in total. The molecule has 0 saturated carbocycles. The number of amides is 1. The standard InChI is InChI=1S/C33H36BrN5O3/c1-8-41-28-15-24(14-26(34)31(28)42-16-25-13-20(4)19(3)12-21(25)5)30-29(23(7)37-33-35-17-36-39(30)33)32(40)38-27-11-9-10-18(2)22(27)6/h9-15,17,30H,8,16H2,1-7H3,(H,38,40)(H,35,36,37). The Labute approximate surface area is 255 Å². The van der Waals surface area contributed by atoms with Crippen LogP contribution in [0, 0.1) is 34.6 Å². The molecule has 9 heteroatoms. The summed E-state index contributed by atoms with van der Waals surface area (Å²) >= 11 is 3.74. The third kappa shape index (κ3) is 5.66. The van der Waals surface area contributed by atoms with Gasteiger partial charge in [0.25, 0.3) is 5.91 Å². The Hall–Kier alpha value is -4.11. The maximum atomic E-state index is 13.9. The minimum absolute atomic E-state index is 0.223. The highest BCUT2D eigenvalue weighted by Gasteiger charge is 2.35. The first-order valence-corrected chi connectivity index (χ1v) is 14.8. The van der Waals surface area contributed by atoms with E-state index in [-0.39, 0.29) is 5.91 Å². The minimum atomic E-state index is -0.555. The molecule has 1 aliphatic heterocycles. The molecular formula is C33H36BrN5O3. The third-order valence-electron chi connectivity index (χ3n) is 7.86. The highest BCUT2D eigenvalue weighted by molar-refractivity contribution is 9.10. The van der Waals surface area contributed by atoms with Crippen LogP contribution in [0.25, 0.3) is 0 Å². The predicted molar refractivity (Wildman–Crippen MR) is 169 cm³/mol. The monoisotopic (exact) mass is 629 g/mol. The summed E-state index contributed by atoms with van der Waals surface area (Å²) in [6, 6.07) is 13.6. The number of hydrogen-bond acceptors (Lipinski definition) is 6. The van der Waals surface area contributed by atoms with Crippen LogP contribution < -0.4 is 20.1 Å². The smallest absolute Gasteiger partial charge is 0.255 e. The number of anilines is 2. The largest absolute Gasteiger partial charge is 0.490 e. The average molecular weight is 631 g/mol. The van der Waals surface area contributed by atoms with Gasteiger partial charge in [0.2, 0.25) is 5.95 Å². The number of fused-ring (bicyclic) bond motifs is 1. The number of rotatable bonds is 8. The zero-order valence-corrected chi connectivity index (χ0v) is 26.6. The second kappa shape index (κ2) is 12.0. The highest BCUT2D eigenvalue weighted by Crippen LogP contribution is 2.43. The van der Waals surface area contributed by atoms with Gasteiger partial charge in [0.15, 0.2) is 11.5 Å². The van der Waals surface area contributed by atoms with Gasteiger partial charge in [-0.1, -0.05) is 24.3 Å². The molecule has 1 atom stereocenters. The van der Waals surface area contributed by atoms with Gasteiger partial charge in [0, 0.05) is 11.4 Å². The van der Waals surface area contributed by atoms with Gasteiger partial charge in [0.05, 0.1) is 16.7 Å². The molecule has 1 aliphatic rings. The molecular weight excluding hydrogens is 594 g/mol. The van der Waals surface area contributed by atoms with E-state index in [2.05, 4.69) is 69.6 Å². The Morgan fingerprint density at radius 1 is 1.00 bits per heavy atom. The number of allylic oxidation sites excluding steroid dienone is 1. The molecule has 0 radical (unpaired) electrons. The van der Waals surface area contributed by atoms with Gasteiger partial charge in [-0.15, -0.1) is 0 Å². The second-order valence-electron chi connectivity index (χ2n) is 10.7. The molecule has 0 bridgehead atoms. The van der Waals surface area contributed by atoms with Crippen LogP contribution in [0.2, 0.25) is 0 Å². The number of ether oxygens (including phenoxy) is 2. The van der Waals surface area contributed by atoms with Gasteiger partial charge in [-0.05, 0) is 122 Å². The molecule has 1 amide bonds. The van der Waals surface area contributed by atoms with E-state index >= 15 is 0 Å². The zero-order chi connectivity index (χ0) is 30.1. The van der Waals surface area contributed by atoms with Gasteiger partial charge in [0.1, 0.15) is 19.0 Å². The minimum Gasteiger partial charge on any atom is -0.490 e. The summed E-state index contributed by atoms with van der Waals surface area (Å²) in [6.07, 6.45) is 1.48. The first-order valence-electron chi connectivity index (χ1n) is 14.0. The Kier molecular flexibility index (Phi) is 8.41. The van der Waals surface area contributed by atoms with Crippen LogP contribution in [-0.2, 0) is 11.4 Å². The summed E-state index contributed by atoms with van der Waals surface area (Å²) in [7, 11) is 0.